The number of aromatic nitrogens is 2. The van der Waals surface area contributed by atoms with Crippen LogP contribution in [0.15, 0.2) is 18.2 Å². The molecule has 0 unspecified atom stereocenters. The minimum absolute atomic E-state index is 0.0324. The molecule has 1 aliphatic rings. The lowest BCUT2D eigenvalue weighted by Gasteiger charge is -2.17. The van der Waals surface area contributed by atoms with E-state index in [2.05, 4.69) is 15.3 Å². The van der Waals surface area contributed by atoms with Crippen LogP contribution in [0, 0.1) is 23.1 Å². The summed E-state index contributed by atoms with van der Waals surface area (Å²) in [6.07, 6.45) is 3.48. The zero-order valence-corrected chi connectivity index (χ0v) is 15.2. The maximum absolute atomic E-state index is 13.5. The molecule has 1 aromatic heterocycles. The summed E-state index contributed by atoms with van der Waals surface area (Å²) in [6.45, 7) is 1.58. The maximum atomic E-state index is 13.5. The zero-order chi connectivity index (χ0) is 19.4. The molecule has 0 bridgehead atoms. The van der Waals surface area contributed by atoms with E-state index in [-0.39, 0.29) is 29.8 Å². The van der Waals surface area contributed by atoms with E-state index in [0.29, 0.717) is 11.5 Å². The highest BCUT2D eigenvalue weighted by Crippen LogP contribution is 2.33. The summed E-state index contributed by atoms with van der Waals surface area (Å²) in [5, 5.41) is 14.0. The summed E-state index contributed by atoms with van der Waals surface area (Å²) in [5.41, 5.74) is 0.428. The predicted octanol–water partition coefficient (Wildman–Crippen LogP) is 3.77. The largest absolute Gasteiger partial charge is 0.493 e. The molecule has 144 valence electrons. The van der Waals surface area contributed by atoms with E-state index < -0.39 is 11.0 Å². The average molecular weight is 376 g/mol. The molecule has 1 fully saturated rings. The van der Waals surface area contributed by atoms with Gasteiger partial charge in [0.25, 0.3) is 0 Å². The Bertz CT molecular complexity index is 840. The minimum Gasteiger partial charge on any atom is -0.493 e. The molecule has 2 aromatic rings. The molecular formula is C18H21FN4O4. The third-order valence-corrected chi connectivity index (χ3v) is 4.50. The average Bonchev–Trinajstić information content (AvgIpc) is 3.12. The van der Waals surface area contributed by atoms with Crippen LogP contribution in [0.1, 0.15) is 36.9 Å². The maximum Gasteiger partial charge on any atom is 0.332 e. The number of aryl methyl sites for hydroxylation is 1. The monoisotopic (exact) mass is 376 g/mol. The van der Waals surface area contributed by atoms with Crippen LogP contribution in [-0.4, -0.2) is 28.1 Å². The number of methoxy groups -OCH3 is 1. The Morgan fingerprint density at radius 2 is 2.04 bits per heavy atom. The second-order valence-electron chi connectivity index (χ2n) is 6.40. The summed E-state index contributed by atoms with van der Waals surface area (Å²) in [5.74, 6) is 1.10. The molecule has 27 heavy (non-hydrogen) atoms. The molecule has 1 N–H and O–H groups in total. The first-order chi connectivity index (χ1) is 13.0. The number of nitrogens with zero attached hydrogens (tertiary/aromatic N) is 3. The van der Waals surface area contributed by atoms with Crippen LogP contribution >= 0.6 is 0 Å². The van der Waals surface area contributed by atoms with Crippen LogP contribution in [0.3, 0.4) is 0 Å². The molecular weight excluding hydrogens is 355 g/mol. The van der Waals surface area contributed by atoms with Gasteiger partial charge < -0.3 is 14.8 Å². The van der Waals surface area contributed by atoms with Gasteiger partial charge >= 0.3 is 11.8 Å². The van der Waals surface area contributed by atoms with Gasteiger partial charge in [-0.1, -0.05) is 6.07 Å². The molecule has 0 amide bonds. The number of benzene rings is 1. The smallest absolute Gasteiger partial charge is 0.332 e. The standard InChI is InChI=1S/C18H21FN4O4/c1-11-16(23(24)25)17(22-18(19)21-11)20-10-12-7-8-14(26-2)15(9-12)27-13-5-3-4-6-13/h7-9,13H,3-6,10H2,1-2H3,(H,20,21,22). The SMILES string of the molecule is COc1ccc(CNc2nc(F)nc(C)c2[N+](=O)[O-])cc1OC1CCCC1. The van der Waals surface area contributed by atoms with E-state index in [4.69, 9.17) is 9.47 Å². The molecule has 1 saturated carbocycles. The summed E-state index contributed by atoms with van der Waals surface area (Å²) in [6, 6.07) is 5.41. The Kier molecular flexibility index (Phi) is 5.68. The van der Waals surface area contributed by atoms with Gasteiger partial charge in [0.1, 0.15) is 5.69 Å². The van der Waals surface area contributed by atoms with Crippen molar-refractivity contribution in [2.45, 2.75) is 45.3 Å². The second kappa shape index (κ2) is 8.15. The Hall–Kier alpha value is -2.97. The summed E-state index contributed by atoms with van der Waals surface area (Å²) in [7, 11) is 1.57. The zero-order valence-electron chi connectivity index (χ0n) is 15.2. The highest BCUT2D eigenvalue weighted by molar-refractivity contribution is 5.58. The molecule has 8 nitrogen and oxygen atoms in total. The first-order valence-electron chi connectivity index (χ1n) is 8.74. The number of rotatable bonds is 7. The predicted molar refractivity (Wildman–Crippen MR) is 96.6 cm³/mol. The van der Waals surface area contributed by atoms with Gasteiger partial charge in [-0.2, -0.15) is 9.37 Å². The van der Waals surface area contributed by atoms with Gasteiger partial charge in [-0.15, -0.1) is 0 Å². The van der Waals surface area contributed by atoms with Crippen molar-refractivity contribution in [3.8, 4) is 11.5 Å². The van der Waals surface area contributed by atoms with Crippen molar-refractivity contribution in [3.63, 3.8) is 0 Å². The summed E-state index contributed by atoms with van der Waals surface area (Å²) in [4.78, 5) is 17.5. The van der Waals surface area contributed by atoms with Gasteiger partial charge in [0, 0.05) is 6.54 Å². The Labute approximate surface area is 155 Å². The lowest BCUT2D eigenvalue weighted by atomic mass is 10.2. The Balaban J connectivity index is 1.79. The topological polar surface area (TPSA) is 99.4 Å². The van der Waals surface area contributed by atoms with E-state index in [9.17, 15) is 14.5 Å². The number of nitro groups is 1. The van der Waals surface area contributed by atoms with E-state index in [1.165, 1.54) is 6.92 Å². The Morgan fingerprint density at radius 1 is 1.30 bits per heavy atom. The highest BCUT2D eigenvalue weighted by atomic mass is 19.1. The van der Waals surface area contributed by atoms with Crippen LogP contribution in [0.4, 0.5) is 15.9 Å². The minimum atomic E-state index is -1.01. The fourth-order valence-corrected chi connectivity index (χ4v) is 3.17. The van der Waals surface area contributed by atoms with E-state index >= 15 is 0 Å². The number of ether oxygens (including phenoxy) is 2. The van der Waals surface area contributed by atoms with Crippen molar-refractivity contribution in [1.82, 2.24) is 9.97 Å². The second-order valence-corrected chi connectivity index (χ2v) is 6.40. The number of nitrogens with one attached hydrogen (secondary N) is 1. The van der Waals surface area contributed by atoms with Crippen molar-refractivity contribution in [2.75, 3.05) is 12.4 Å². The first-order valence-corrected chi connectivity index (χ1v) is 8.74. The summed E-state index contributed by atoms with van der Waals surface area (Å²) >= 11 is 0. The number of halogens is 1. The van der Waals surface area contributed by atoms with Crippen LogP contribution in [0.25, 0.3) is 0 Å². The molecule has 9 heteroatoms. The number of hydrogen-bond acceptors (Lipinski definition) is 7. The fraction of sp³-hybridized carbons (Fsp3) is 0.444. The van der Waals surface area contributed by atoms with Gasteiger partial charge in [-0.05, 0) is 50.3 Å². The van der Waals surface area contributed by atoms with Crippen LogP contribution < -0.4 is 14.8 Å². The fourth-order valence-electron chi connectivity index (χ4n) is 3.17. The molecule has 0 atom stereocenters. The molecule has 0 radical (unpaired) electrons. The number of anilines is 1. The van der Waals surface area contributed by atoms with Gasteiger partial charge in [0.05, 0.1) is 18.1 Å². The van der Waals surface area contributed by atoms with Crippen molar-refractivity contribution < 1.29 is 18.8 Å². The van der Waals surface area contributed by atoms with E-state index in [0.717, 1.165) is 31.2 Å². The van der Waals surface area contributed by atoms with Gasteiger partial charge in [-0.25, -0.2) is 4.98 Å². The third-order valence-electron chi connectivity index (χ3n) is 4.50. The third kappa shape index (κ3) is 4.42. The highest BCUT2D eigenvalue weighted by Gasteiger charge is 2.22. The quantitative estimate of drug-likeness (QED) is 0.446. The van der Waals surface area contributed by atoms with Crippen molar-refractivity contribution >= 4 is 11.5 Å². The molecule has 1 heterocycles. The van der Waals surface area contributed by atoms with Crippen LogP contribution in [0.2, 0.25) is 0 Å². The lowest BCUT2D eigenvalue weighted by Crippen LogP contribution is -2.12. The number of hydrogen-bond donors (Lipinski definition) is 1. The van der Waals surface area contributed by atoms with Gasteiger partial charge in [0.15, 0.2) is 11.5 Å². The van der Waals surface area contributed by atoms with Gasteiger partial charge in [0.2, 0.25) is 5.82 Å². The molecule has 0 aliphatic heterocycles. The van der Waals surface area contributed by atoms with Crippen LogP contribution in [-0.2, 0) is 6.54 Å². The molecule has 1 aromatic carbocycles. The van der Waals surface area contributed by atoms with Crippen molar-refractivity contribution in [2.24, 2.45) is 0 Å². The summed E-state index contributed by atoms with van der Waals surface area (Å²) < 4.78 is 24.9. The molecule has 1 aliphatic carbocycles. The lowest BCUT2D eigenvalue weighted by molar-refractivity contribution is -0.385. The Morgan fingerprint density at radius 3 is 2.70 bits per heavy atom. The van der Waals surface area contributed by atoms with Crippen molar-refractivity contribution in [3.05, 3.63) is 45.6 Å². The van der Waals surface area contributed by atoms with Gasteiger partial charge in [-0.3, -0.25) is 10.1 Å². The normalized spacial score (nSPS) is 14.2. The van der Waals surface area contributed by atoms with Crippen LogP contribution in [0.5, 0.6) is 11.5 Å². The van der Waals surface area contributed by atoms with E-state index in [1.807, 2.05) is 12.1 Å². The van der Waals surface area contributed by atoms with Crippen molar-refractivity contribution in [1.29, 1.82) is 0 Å². The molecule has 3 rings (SSSR count). The van der Waals surface area contributed by atoms with E-state index in [1.54, 1.807) is 13.2 Å². The molecule has 0 saturated heterocycles. The first kappa shape index (κ1) is 18.8. The molecule has 0 spiro atoms.